The summed E-state index contributed by atoms with van der Waals surface area (Å²) in [5, 5.41) is 19.2. The minimum absolute atomic E-state index is 0.0426. The third kappa shape index (κ3) is 4.18. The molecule has 0 bridgehead atoms. The number of halogens is 3. The van der Waals surface area contributed by atoms with Gasteiger partial charge in [0, 0.05) is 0 Å². The zero-order chi connectivity index (χ0) is 20.3. The quantitative estimate of drug-likeness (QED) is 0.543. The van der Waals surface area contributed by atoms with Crippen LogP contribution in [-0.2, 0) is 11.0 Å². The lowest BCUT2D eigenvalue weighted by Crippen LogP contribution is -2.12. The summed E-state index contributed by atoms with van der Waals surface area (Å²) in [5.41, 5.74) is -1.38. The van der Waals surface area contributed by atoms with Gasteiger partial charge in [-0.25, -0.2) is 4.98 Å². The van der Waals surface area contributed by atoms with E-state index in [0.29, 0.717) is 22.2 Å². The molecule has 1 aromatic carbocycles. The van der Waals surface area contributed by atoms with Crippen LogP contribution in [0.1, 0.15) is 21.9 Å². The summed E-state index contributed by atoms with van der Waals surface area (Å²) in [6, 6.07) is 13.7. The van der Waals surface area contributed by atoms with Gasteiger partial charge < -0.3 is 5.11 Å². The Hall–Kier alpha value is -2.83. The van der Waals surface area contributed by atoms with Crippen molar-refractivity contribution in [2.45, 2.75) is 16.5 Å². The zero-order valence-corrected chi connectivity index (χ0v) is 15.6. The Bertz CT molecular complexity index is 1030. The fourth-order valence-electron chi connectivity index (χ4n) is 2.49. The van der Waals surface area contributed by atoms with E-state index in [1.54, 1.807) is 53.9 Å². The molecule has 9 heteroatoms. The van der Waals surface area contributed by atoms with E-state index in [9.17, 15) is 28.3 Å². The summed E-state index contributed by atoms with van der Waals surface area (Å²) in [5.74, 6) is -1.24. The first-order chi connectivity index (χ1) is 13.3. The van der Waals surface area contributed by atoms with Crippen LogP contribution in [0.3, 0.4) is 0 Å². The molecule has 4 nitrogen and oxygen atoms in total. The maximum atomic E-state index is 13.6. The van der Waals surface area contributed by atoms with Crippen molar-refractivity contribution in [2.24, 2.45) is 0 Å². The van der Waals surface area contributed by atoms with Gasteiger partial charge in [-0.3, -0.25) is 4.79 Å². The lowest BCUT2D eigenvalue weighted by atomic mass is 10.1. The van der Waals surface area contributed by atoms with Gasteiger partial charge >= 0.3 is 12.1 Å². The number of pyridine rings is 1. The number of aromatic nitrogens is 1. The number of rotatable bonds is 5. The van der Waals surface area contributed by atoms with E-state index in [1.165, 1.54) is 11.3 Å². The number of carbonyl (C=O) groups is 1. The van der Waals surface area contributed by atoms with E-state index in [2.05, 4.69) is 4.98 Å². The van der Waals surface area contributed by atoms with Crippen molar-refractivity contribution < 1.29 is 23.1 Å². The average Bonchev–Trinajstić information content (AvgIpc) is 3.20. The van der Waals surface area contributed by atoms with Gasteiger partial charge in [0.25, 0.3) is 0 Å². The van der Waals surface area contributed by atoms with E-state index < -0.39 is 28.5 Å². The summed E-state index contributed by atoms with van der Waals surface area (Å²) in [4.78, 5) is 16.4. The van der Waals surface area contributed by atoms with Crippen LogP contribution >= 0.6 is 23.1 Å². The first kappa shape index (κ1) is 19.9. The summed E-state index contributed by atoms with van der Waals surface area (Å²) in [7, 11) is 0. The molecule has 0 fully saturated rings. The molecule has 2 heterocycles. The van der Waals surface area contributed by atoms with Crippen molar-refractivity contribution in [2.75, 3.05) is 0 Å². The average molecular weight is 420 g/mol. The smallest absolute Gasteiger partial charge is 0.417 e. The highest BCUT2D eigenvalue weighted by Crippen LogP contribution is 2.42. The van der Waals surface area contributed by atoms with Crippen LogP contribution in [0.2, 0.25) is 0 Å². The van der Waals surface area contributed by atoms with Crippen LogP contribution in [-0.4, -0.2) is 16.1 Å². The summed E-state index contributed by atoms with van der Waals surface area (Å²) >= 11 is 1.82. The molecule has 3 aromatic rings. The highest BCUT2D eigenvalue weighted by atomic mass is 32.2. The second-order valence-corrected chi connectivity index (χ2v) is 7.61. The number of thiophene rings is 1. The lowest BCUT2D eigenvalue weighted by Gasteiger charge is -2.16. The van der Waals surface area contributed by atoms with Gasteiger partial charge in [-0.05, 0) is 23.1 Å². The standard InChI is InChI=1S/C19H11F3N2O2S2/c20-19(21,22)13-9-14(15-7-4-8-27-15)24-17(12(13)10-23)28-16(18(25)26)11-5-2-1-3-6-11/h1-9,16H,(H,25,26)/t16-/m1/s1. The SMILES string of the molecule is N#Cc1c(C(F)(F)F)cc(-c2cccs2)nc1S[C@@H](C(=O)O)c1ccccc1. The number of carboxylic acids is 1. The molecule has 0 saturated carbocycles. The Balaban J connectivity index is 2.17. The maximum Gasteiger partial charge on any atom is 0.417 e. The fourth-order valence-corrected chi connectivity index (χ4v) is 4.22. The fraction of sp³-hybridized carbons (Fsp3) is 0.105. The normalized spacial score (nSPS) is 12.4. The largest absolute Gasteiger partial charge is 0.480 e. The highest BCUT2D eigenvalue weighted by molar-refractivity contribution is 8.00. The van der Waals surface area contributed by atoms with Gasteiger partial charge in [0.2, 0.25) is 0 Å². The molecular formula is C19H11F3N2O2S2. The van der Waals surface area contributed by atoms with Crippen LogP contribution in [0.4, 0.5) is 13.2 Å². The molecule has 1 atom stereocenters. The molecule has 0 amide bonds. The molecule has 2 aromatic heterocycles. The number of thioether (sulfide) groups is 1. The van der Waals surface area contributed by atoms with E-state index in [1.807, 2.05) is 0 Å². The number of hydrogen-bond acceptors (Lipinski definition) is 5. The third-order valence-corrected chi connectivity index (χ3v) is 5.85. The first-order valence-electron chi connectivity index (χ1n) is 7.82. The van der Waals surface area contributed by atoms with Crippen molar-refractivity contribution in [3.05, 3.63) is 70.6 Å². The van der Waals surface area contributed by atoms with E-state index >= 15 is 0 Å². The van der Waals surface area contributed by atoms with Gasteiger partial charge in [-0.1, -0.05) is 48.2 Å². The number of carboxylic acid groups (broad SMARTS) is 1. The monoisotopic (exact) mass is 420 g/mol. The van der Waals surface area contributed by atoms with Crippen LogP contribution in [0.5, 0.6) is 0 Å². The molecule has 28 heavy (non-hydrogen) atoms. The molecule has 1 N–H and O–H groups in total. The van der Waals surface area contributed by atoms with Gasteiger partial charge in [0.1, 0.15) is 16.3 Å². The molecular weight excluding hydrogens is 409 g/mol. The number of benzene rings is 1. The van der Waals surface area contributed by atoms with E-state index in [4.69, 9.17) is 0 Å². The molecule has 142 valence electrons. The van der Waals surface area contributed by atoms with Crippen molar-refractivity contribution in [3.8, 4) is 16.6 Å². The maximum absolute atomic E-state index is 13.6. The molecule has 0 aliphatic heterocycles. The second-order valence-electron chi connectivity index (χ2n) is 5.57. The molecule has 0 radical (unpaired) electrons. The minimum Gasteiger partial charge on any atom is -0.480 e. The molecule has 0 aliphatic rings. The number of nitriles is 1. The summed E-state index contributed by atoms with van der Waals surface area (Å²) in [6.45, 7) is 0. The van der Waals surface area contributed by atoms with Crippen LogP contribution < -0.4 is 0 Å². The molecule has 0 spiro atoms. The van der Waals surface area contributed by atoms with E-state index in [-0.39, 0.29) is 10.7 Å². The van der Waals surface area contributed by atoms with Crippen molar-refractivity contribution in [1.82, 2.24) is 4.98 Å². The van der Waals surface area contributed by atoms with Crippen LogP contribution in [0.15, 0.2) is 58.9 Å². The Labute approximate surface area is 166 Å². The number of aliphatic carboxylic acids is 1. The number of nitrogens with zero attached hydrogens (tertiary/aromatic N) is 2. The third-order valence-electron chi connectivity index (χ3n) is 3.73. The van der Waals surface area contributed by atoms with Gasteiger partial charge in [-0.15, -0.1) is 11.3 Å². The van der Waals surface area contributed by atoms with Gasteiger partial charge in [0.05, 0.1) is 21.7 Å². The molecule has 3 rings (SSSR count). The topological polar surface area (TPSA) is 74.0 Å². The lowest BCUT2D eigenvalue weighted by molar-refractivity contribution is -0.138. The molecule has 0 unspecified atom stereocenters. The Kier molecular flexibility index (Phi) is 5.72. The van der Waals surface area contributed by atoms with Gasteiger partial charge in [0.15, 0.2) is 0 Å². The zero-order valence-electron chi connectivity index (χ0n) is 14.0. The summed E-state index contributed by atoms with van der Waals surface area (Å²) in [6.07, 6.45) is -4.78. The highest BCUT2D eigenvalue weighted by Gasteiger charge is 2.37. The summed E-state index contributed by atoms with van der Waals surface area (Å²) < 4.78 is 40.7. The predicted octanol–water partition coefficient (Wildman–Crippen LogP) is 5.62. The predicted molar refractivity (Wildman–Crippen MR) is 99.9 cm³/mol. The number of alkyl halides is 3. The molecule has 0 aliphatic carbocycles. The van der Waals surface area contributed by atoms with E-state index in [0.717, 1.165) is 6.07 Å². The van der Waals surface area contributed by atoms with Crippen LogP contribution in [0, 0.1) is 11.3 Å². The number of hydrogen-bond donors (Lipinski definition) is 1. The van der Waals surface area contributed by atoms with Crippen molar-refractivity contribution in [1.29, 1.82) is 5.26 Å². The minimum atomic E-state index is -4.78. The Morgan fingerprint density at radius 3 is 2.46 bits per heavy atom. The second kappa shape index (κ2) is 8.04. The molecule has 0 saturated heterocycles. The van der Waals surface area contributed by atoms with Crippen molar-refractivity contribution >= 4 is 29.1 Å². The Morgan fingerprint density at radius 1 is 1.21 bits per heavy atom. The van der Waals surface area contributed by atoms with Crippen molar-refractivity contribution in [3.63, 3.8) is 0 Å². The van der Waals surface area contributed by atoms with Crippen LogP contribution in [0.25, 0.3) is 10.6 Å². The van der Waals surface area contributed by atoms with Gasteiger partial charge in [-0.2, -0.15) is 18.4 Å². The first-order valence-corrected chi connectivity index (χ1v) is 9.58. The Morgan fingerprint density at radius 2 is 1.93 bits per heavy atom.